The summed E-state index contributed by atoms with van der Waals surface area (Å²) in [5.41, 5.74) is 6.62. The number of likely N-dealkylation sites (tertiary alicyclic amines) is 1. The summed E-state index contributed by atoms with van der Waals surface area (Å²) in [7, 11) is 1.78. The van der Waals surface area contributed by atoms with E-state index in [1.54, 1.807) is 60.1 Å². The minimum absolute atomic E-state index is 0.0184. The van der Waals surface area contributed by atoms with Gasteiger partial charge in [0.2, 0.25) is 29.5 Å². The summed E-state index contributed by atoms with van der Waals surface area (Å²) in [6.45, 7) is 10.0. The molecule has 0 saturated carbocycles. The van der Waals surface area contributed by atoms with Gasteiger partial charge in [0.1, 0.15) is 35.8 Å². The Balaban J connectivity index is 0.763. The molecule has 5 amide bonds. The molecule has 1 fully saturated rings. The largest absolute Gasteiger partial charge is 0.462 e. The van der Waals surface area contributed by atoms with Crippen LogP contribution in [0.25, 0.3) is 37.9 Å². The van der Waals surface area contributed by atoms with Gasteiger partial charge in [0.05, 0.1) is 47.7 Å². The number of thiophene rings is 1. The molecule has 3 aromatic carbocycles. The molecule has 0 unspecified atom stereocenters. The molecule has 0 bridgehead atoms. The number of nitrogens with zero attached hydrogens (tertiary/aromatic N) is 9. The number of piperidine rings is 1. The van der Waals surface area contributed by atoms with E-state index in [0.717, 1.165) is 37.8 Å². The number of fused-ring (bicyclic) bond motifs is 5. The first-order chi connectivity index (χ1) is 37.9. The van der Waals surface area contributed by atoms with Gasteiger partial charge in [-0.2, -0.15) is 10.2 Å². The minimum Gasteiger partial charge on any atom is -0.462 e. The maximum Gasteiger partial charge on any atom is 0.325 e. The lowest BCUT2D eigenvalue weighted by Gasteiger charge is -2.31. The Kier molecular flexibility index (Phi) is 17.3. The van der Waals surface area contributed by atoms with Gasteiger partial charge in [0.25, 0.3) is 0 Å². The topological polar surface area (TPSA) is 242 Å². The molecule has 0 radical (unpaired) electrons. The van der Waals surface area contributed by atoms with E-state index in [9.17, 15) is 28.8 Å². The standard InChI is InChI=1S/C56H63ClFN13O7S/c1-31(2)78-50(77)29-62-47(74)28-61-48(75)30-70-43-11-9-10-39(40-25-44-37(24-41(40)58)27-63-68(44)6)52(43)54(67-70)36-18-22-69(23-19-36)49(76)17-16-45(72)59-20-7-8-21-60-46(73)26-42-55-66-65-34(5)71(55)56-51(32(3)33(4)79-56)53(64-42)35-12-14-38(57)15-13-35/h9-15,24-25,27,31,36,42H,7-8,16-23,26,28-30H2,1-6H3,(H,59,72)(H,60,73)(H,61,75)(H,62,74)/t42-/m0/s1. The van der Waals surface area contributed by atoms with Crippen LogP contribution in [0.5, 0.6) is 0 Å². The van der Waals surface area contributed by atoms with Crippen LogP contribution in [0.15, 0.2) is 65.8 Å². The van der Waals surface area contributed by atoms with Crippen LogP contribution in [-0.4, -0.2) is 126 Å². The Bertz CT molecular complexity index is 3500. The molecular formula is C56H63ClFN13O7S. The molecular weight excluding hydrogens is 1050 g/mol. The maximum atomic E-state index is 16.0. The normalized spacial score (nSPS) is 14.4. The Hall–Kier alpha value is -7.85. The van der Waals surface area contributed by atoms with Gasteiger partial charge in [-0.1, -0.05) is 35.9 Å². The predicted octanol–water partition coefficient (Wildman–Crippen LogP) is 6.62. The molecule has 4 aromatic heterocycles. The SMILES string of the molecule is Cc1sc2c(c1C)C(c1ccc(Cl)cc1)=N[C@@H](CC(=O)NCCCCNC(=O)CCC(=O)N1CCC(c3nn(CC(=O)NCC(=O)NCC(=O)OC(C)C)c4cccc(-c5cc6c(cnn6C)cc5F)c34)CC1)c1nnc(C)n1-2. The summed E-state index contributed by atoms with van der Waals surface area (Å²) in [5.74, 6) is -1.58. The molecule has 4 N–H and O–H groups in total. The van der Waals surface area contributed by atoms with Gasteiger partial charge in [0.15, 0.2) is 5.82 Å². The van der Waals surface area contributed by atoms with Crippen LogP contribution in [0, 0.1) is 26.6 Å². The summed E-state index contributed by atoms with van der Waals surface area (Å²) in [4.78, 5) is 85.6. The van der Waals surface area contributed by atoms with E-state index in [1.807, 2.05) is 47.9 Å². The molecule has 23 heteroatoms. The summed E-state index contributed by atoms with van der Waals surface area (Å²) in [6.07, 6.45) is 3.65. The quantitative estimate of drug-likeness (QED) is 0.0467. The fourth-order valence-corrected chi connectivity index (χ4v) is 11.5. The van der Waals surface area contributed by atoms with E-state index in [2.05, 4.69) is 50.4 Å². The summed E-state index contributed by atoms with van der Waals surface area (Å²) < 4.78 is 26.3. The fraction of sp³-hybridized carbons (Fsp3) is 0.411. The molecule has 1 atom stereocenters. The molecule has 6 heterocycles. The van der Waals surface area contributed by atoms with Crippen molar-refractivity contribution in [3.8, 4) is 16.1 Å². The van der Waals surface area contributed by atoms with E-state index in [1.165, 1.54) is 10.7 Å². The highest BCUT2D eigenvalue weighted by atomic mass is 35.5. The van der Waals surface area contributed by atoms with Gasteiger partial charge >= 0.3 is 5.97 Å². The zero-order valence-corrected chi connectivity index (χ0v) is 46.5. The third-order valence-corrected chi connectivity index (χ3v) is 15.7. The van der Waals surface area contributed by atoms with Crippen molar-refractivity contribution in [2.45, 2.75) is 104 Å². The zero-order valence-electron chi connectivity index (χ0n) is 45.0. The van der Waals surface area contributed by atoms with E-state index < -0.39 is 29.6 Å². The molecule has 2 aliphatic rings. The Labute approximate surface area is 464 Å². The number of benzene rings is 3. The number of halogens is 2. The lowest BCUT2D eigenvalue weighted by Crippen LogP contribution is -2.40. The first-order valence-electron chi connectivity index (χ1n) is 26.5. The second-order valence-corrected chi connectivity index (χ2v) is 21.8. The Morgan fingerprint density at radius 2 is 1.56 bits per heavy atom. The predicted molar refractivity (Wildman–Crippen MR) is 298 cm³/mol. The smallest absolute Gasteiger partial charge is 0.325 e. The summed E-state index contributed by atoms with van der Waals surface area (Å²) in [6, 6.07) is 15.5. The minimum atomic E-state index is -0.599. The van der Waals surface area contributed by atoms with E-state index in [4.69, 9.17) is 26.4 Å². The van der Waals surface area contributed by atoms with Gasteiger partial charge < -0.3 is 30.9 Å². The number of unbranched alkanes of at least 4 members (excludes halogenated alkanes) is 1. The lowest BCUT2D eigenvalue weighted by molar-refractivity contribution is -0.147. The van der Waals surface area contributed by atoms with Gasteiger partial charge in [-0.3, -0.25) is 47.7 Å². The van der Waals surface area contributed by atoms with Crippen molar-refractivity contribution >= 4 is 86.0 Å². The second kappa shape index (κ2) is 24.4. The van der Waals surface area contributed by atoms with Crippen LogP contribution >= 0.6 is 22.9 Å². The first kappa shape index (κ1) is 55.9. The molecule has 0 aliphatic carbocycles. The number of hydrogen-bond donors (Lipinski definition) is 4. The van der Waals surface area contributed by atoms with Crippen molar-refractivity contribution in [2.24, 2.45) is 12.0 Å². The van der Waals surface area contributed by atoms with Crippen molar-refractivity contribution in [1.29, 1.82) is 0 Å². The Morgan fingerprint density at radius 3 is 2.29 bits per heavy atom. The summed E-state index contributed by atoms with van der Waals surface area (Å²) >= 11 is 7.90. The van der Waals surface area contributed by atoms with Crippen molar-refractivity contribution in [3.63, 3.8) is 0 Å². The molecule has 79 heavy (non-hydrogen) atoms. The third kappa shape index (κ3) is 12.7. The first-order valence-corrected chi connectivity index (χ1v) is 27.6. The number of nitrogens with one attached hydrogen (secondary N) is 4. The van der Waals surface area contributed by atoms with Crippen LogP contribution in [0.3, 0.4) is 0 Å². The maximum absolute atomic E-state index is 16.0. The number of esters is 1. The highest BCUT2D eigenvalue weighted by Crippen LogP contribution is 2.42. The monoisotopic (exact) mass is 1120 g/mol. The lowest BCUT2D eigenvalue weighted by atomic mass is 9.88. The van der Waals surface area contributed by atoms with E-state index >= 15 is 4.39 Å². The zero-order chi connectivity index (χ0) is 56.1. The molecule has 20 nitrogen and oxygen atoms in total. The van der Waals surface area contributed by atoms with Crippen molar-refractivity contribution in [2.75, 3.05) is 39.3 Å². The third-order valence-electron chi connectivity index (χ3n) is 14.3. The molecule has 9 rings (SSSR count). The number of ether oxygens (including phenoxy) is 1. The van der Waals surface area contributed by atoms with Crippen LogP contribution in [-0.2, 0) is 47.1 Å². The number of aromatic nitrogens is 7. The van der Waals surface area contributed by atoms with Crippen molar-refractivity contribution < 1.29 is 37.9 Å². The average molecular weight is 1120 g/mol. The molecule has 414 valence electrons. The van der Waals surface area contributed by atoms with E-state index in [0.29, 0.717) is 102 Å². The molecule has 1 saturated heterocycles. The number of aliphatic imine (C=N–C) groups is 1. The van der Waals surface area contributed by atoms with Gasteiger partial charge in [-0.15, -0.1) is 21.5 Å². The fourth-order valence-electron chi connectivity index (χ4n) is 10.1. The van der Waals surface area contributed by atoms with Crippen LogP contribution in [0.4, 0.5) is 4.39 Å². The van der Waals surface area contributed by atoms with Gasteiger partial charge in [-0.25, -0.2) is 4.39 Å². The number of carbonyl (C=O) groups excluding carboxylic acids is 6. The van der Waals surface area contributed by atoms with Gasteiger partial charge in [0, 0.05) is 89.3 Å². The van der Waals surface area contributed by atoms with Crippen LogP contribution in [0.2, 0.25) is 5.02 Å². The number of carbonyl (C=O) groups is 6. The van der Waals surface area contributed by atoms with Gasteiger partial charge in [-0.05, 0) is 102 Å². The number of rotatable bonds is 20. The second-order valence-electron chi connectivity index (χ2n) is 20.2. The average Bonchev–Trinajstić information content (AvgIpc) is 4.08. The highest BCUT2D eigenvalue weighted by molar-refractivity contribution is 7.15. The number of amides is 5. The Morgan fingerprint density at radius 1 is 0.835 bits per heavy atom. The van der Waals surface area contributed by atoms with E-state index in [-0.39, 0.29) is 68.6 Å². The number of aryl methyl sites for hydroxylation is 3. The van der Waals surface area contributed by atoms with Crippen molar-refractivity contribution in [3.05, 3.63) is 111 Å². The van der Waals surface area contributed by atoms with Crippen molar-refractivity contribution in [1.82, 2.24) is 60.5 Å². The summed E-state index contributed by atoms with van der Waals surface area (Å²) in [5, 5.41) is 32.0. The molecule has 2 aliphatic heterocycles. The number of hydrogen-bond acceptors (Lipinski definition) is 13. The highest BCUT2D eigenvalue weighted by Gasteiger charge is 2.33. The molecule has 7 aromatic rings. The molecule has 0 spiro atoms. The van der Waals surface area contributed by atoms with Crippen LogP contribution in [0.1, 0.15) is 110 Å². The van der Waals surface area contributed by atoms with Crippen LogP contribution < -0.4 is 21.3 Å².